The van der Waals surface area contributed by atoms with Crippen LogP contribution in [0.1, 0.15) is 22.6 Å². The summed E-state index contributed by atoms with van der Waals surface area (Å²) in [6.07, 6.45) is 0. The summed E-state index contributed by atoms with van der Waals surface area (Å²) in [5.74, 6) is -0.0623. The first-order valence-electron chi connectivity index (χ1n) is 28.4. The molecule has 3 nitrogen and oxygen atoms in total. The molecule has 3 aliphatic heterocycles. The zero-order valence-corrected chi connectivity index (χ0v) is 44.9. The van der Waals surface area contributed by atoms with Gasteiger partial charge in [-0.3, -0.25) is 0 Å². The number of para-hydroxylation sites is 6. The lowest BCUT2D eigenvalue weighted by Crippen LogP contribution is -2.12. The Kier molecular flexibility index (Phi) is 11.3. The summed E-state index contributed by atoms with van der Waals surface area (Å²) in [4.78, 5) is 7.30. The van der Waals surface area contributed by atoms with Gasteiger partial charge < -0.3 is 14.7 Å². The smallest absolute Gasteiger partial charge is 0.0540 e. The molecule has 3 aliphatic rings. The highest BCUT2D eigenvalue weighted by Crippen LogP contribution is 2.54. The van der Waals surface area contributed by atoms with Gasteiger partial charge >= 0.3 is 0 Å². The van der Waals surface area contributed by atoms with Crippen LogP contribution in [-0.4, -0.2) is 0 Å². The van der Waals surface area contributed by atoms with Crippen LogP contribution in [0.15, 0.2) is 315 Å². The molecule has 0 radical (unpaired) electrons. The standard InChI is InChI=1S/C79H53N3/c1-2-20-62-61(19-1)67-25-7-13-31-73(67)80(74-32-14-8-26-68(62)74)58-47-41-54(42-48-58)53-37-39-55(40-38-53)79(56-43-49-59(50-44-56)81-75-33-15-9-27-69(75)63-21-3-4-22-64(63)70-28-10-16-34-76(70)81)57-45-51-60(52-46-57)82-77-35-17-11-29-71(77)65-23-5-6-24-66(65)72-30-12-18-36-78(72)82/h1-52,79H. The summed E-state index contributed by atoms with van der Waals surface area (Å²) in [5, 5.41) is 0. The molecule has 3 heteroatoms. The lowest BCUT2D eigenvalue weighted by Gasteiger charge is -2.29. The number of hydrogen-bond donors (Lipinski definition) is 0. The molecule has 3 heterocycles. The molecular formula is C79H53N3. The molecule has 16 rings (SSSR count). The van der Waals surface area contributed by atoms with Crippen molar-refractivity contribution in [2.24, 2.45) is 0 Å². The maximum Gasteiger partial charge on any atom is 0.0540 e. The van der Waals surface area contributed by atoms with Crippen molar-refractivity contribution < 1.29 is 0 Å². The van der Waals surface area contributed by atoms with Crippen molar-refractivity contribution >= 4 is 51.2 Å². The number of benzene rings is 13. The molecule has 0 fully saturated rings. The highest BCUT2D eigenvalue weighted by Gasteiger charge is 2.30. The van der Waals surface area contributed by atoms with E-state index in [4.69, 9.17) is 0 Å². The zero-order chi connectivity index (χ0) is 54.1. The third kappa shape index (κ3) is 7.73. The maximum absolute atomic E-state index is 2.44. The van der Waals surface area contributed by atoms with Crippen molar-refractivity contribution in [2.75, 3.05) is 14.7 Å². The van der Waals surface area contributed by atoms with Gasteiger partial charge in [0.2, 0.25) is 0 Å². The van der Waals surface area contributed by atoms with Crippen LogP contribution in [0.5, 0.6) is 0 Å². The van der Waals surface area contributed by atoms with E-state index in [9.17, 15) is 0 Å². The lowest BCUT2D eigenvalue weighted by atomic mass is 9.84. The van der Waals surface area contributed by atoms with E-state index < -0.39 is 0 Å². The number of anilines is 9. The predicted octanol–water partition coefficient (Wildman–Crippen LogP) is 21.9. The fraction of sp³-hybridized carbons (Fsp3) is 0.0127. The summed E-state index contributed by atoms with van der Waals surface area (Å²) in [6.45, 7) is 0. The average molecular weight is 1040 g/mol. The second-order valence-corrected chi connectivity index (χ2v) is 21.5. The van der Waals surface area contributed by atoms with Gasteiger partial charge in [0.15, 0.2) is 0 Å². The Morgan fingerprint density at radius 3 is 0.561 bits per heavy atom. The molecular weight excluding hydrogens is 991 g/mol. The molecule has 0 unspecified atom stereocenters. The summed E-state index contributed by atoms with van der Waals surface area (Å²) < 4.78 is 0. The van der Waals surface area contributed by atoms with Crippen LogP contribution in [0.2, 0.25) is 0 Å². The van der Waals surface area contributed by atoms with Gasteiger partial charge in [-0.15, -0.1) is 0 Å². The van der Waals surface area contributed by atoms with Crippen LogP contribution in [0.25, 0.3) is 77.9 Å². The van der Waals surface area contributed by atoms with Gasteiger partial charge in [0.1, 0.15) is 0 Å². The fourth-order valence-electron chi connectivity index (χ4n) is 13.3. The van der Waals surface area contributed by atoms with Gasteiger partial charge in [-0.2, -0.15) is 0 Å². The van der Waals surface area contributed by atoms with E-state index in [1.165, 1.54) is 106 Å². The summed E-state index contributed by atoms with van der Waals surface area (Å²) in [7, 11) is 0. The molecule has 0 saturated carbocycles. The molecule has 0 spiro atoms. The molecule has 0 bridgehead atoms. The zero-order valence-electron chi connectivity index (χ0n) is 44.9. The highest BCUT2D eigenvalue weighted by molar-refractivity contribution is 6.05. The largest absolute Gasteiger partial charge is 0.309 e. The maximum atomic E-state index is 2.44. The van der Waals surface area contributed by atoms with Crippen molar-refractivity contribution in [1.29, 1.82) is 0 Å². The SMILES string of the molecule is c1ccc2c(c1)-c1ccccc1N(c1ccc(-c3ccc(C(c4ccc(N5c6ccccc6-c6ccccc6-c6ccccc65)cc4)c4ccc(N5c6ccccc6-c6ccccc6-c6ccccc65)cc4)cc3)cc1)c1ccccc1-2. The average Bonchev–Trinajstić information content (AvgIpc) is 4.10. The Bertz CT molecular complexity index is 4190. The number of hydrogen-bond acceptors (Lipinski definition) is 3. The molecule has 0 atom stereocenters. The topological polar surface area (TPSA) is 9.72 Å². The van der Waals surface area contributed by atoms with Crippen LogP contribution in [0, 0.1) is 0 Å². The molecule has 0 aliphatic carbocycles. The molecule has 0 saturated heterocycles. The third-order valence-corrected chi connectivity index (χ3v) is 17.1. The molecule has 0 amide bonds. The van der Waals surface area contributed by atoms with E-state index in [0.717, 1.165) is 39.8 Å². The monoisotopic (exact) mass is 1040 g/mol. The summed E-state index contributed by atoms with van der Waals surface area (Å²) in [6, 6.07) is 116. The molecule has 384 valence electrons. The van der Waals surface area contributed by atoms with Gasteiger partial charge in [0, 0.05) is 56.4 Å². The van der Waals surface area contributed by atoms with Gasteiger partial charge in [-0.1, -0.05) is 243 Å². The van der Waals surface area contributed by atoms with Crippen molar-refractivity contribution in [3.8, 4) is 77.9 Å². The number of fused-ring (bicyclic) bond motifs is 15. The van der Waals surface area contributed by atoms with Crippen LogP contribution in [0.4, 0.5) is 51.2 Å². The molecule has 0 N–H and O–H groups in total. The van der Waals surface area contributed by atoms with E-state index >= 15 is 0 Å². The van der Waals surface area contributed by atoms with E-state index in [1.807, 2.05) is 0 Å². The minimum absolute atomic E-state index is 0.0623. The van der Waals surface area contributed by atoms with E-state index in [2.05, 4.69) is 330 Å². The van der Waals surface area contributed by atoms with Gasteiger partial charge in [0.25, 0.3) is 0 Å². The predicted molar refractivity (Wildman–Crippen MR) is 343 cm³/mol. The minimum atomic E-state index is -0.0623. The Labute approximate surface area is 479 Å². The Morgan fingerprint density at radius 1 is 0.159 bits per heavy atom. The minimum Gasteiger partial charge on any atom is -0.309 e. The van der Waals surface area contributed by atoms with Gasteiger partial charge in [-0.05, 0) is 134 Å². The molecule has 13 aromatic carbocycles. The first-order chi connectivity index (χ1) is 40.7. The second kappa shape index (κ2) is 19.6. The van der Waals surface area contributed by atoms with E-state index in [-0.39, 0.29) is 5.92 Å². The third-order valence-electron chi connectivity index (χ3n) is 17.1. The summed E-state index contributed by atoms with van der Waals surface area (Å²) >= 11 is 0. The number of nitrogens with zero attached hydrogens (tertiary/aromatic N) is 3. The van der Waals surface area contributed by atoms with Gasteiger partial charge in [-0.25, -0.2) is 0 Å². The lowest BCUT2D eigenvalue weighted by molar-refractivity contribution is 0.976. The van der Waals surface area contributed by atoms with Crippen molar-refractivity contribution in [1.82, 2.24) is 0 Å². The Morgan fingerprint density at radius 2 is 0.329 bits per heavy atom. The van der Waals surface area contributed by atoms with Crippen molar-refractivity contribution in [3.63, 3.8) is 0 Å². The van der Waals surface area contributed by atoms with Crippen LogP contribution < -0.4 is 14.7 Å². The van der Waals surface area contributed by atoms with E-state index in [0.29, 0.717) is 0 Å². The Hall–Kier alpha value is -10.7. The Balaban J connectivity index is 0.788. The molecule has 0 aromatic heterocycles. The quantitative estimate of drug-likeness (QED) is 0.147. The summed E-state index contributed by atoms with van der Waals surface area (Å²) in [5.41, 5.74) is 31.1. The molecule has 13 aromatic rings. The van der Waals surface area contributed by atoms with Crippen molar-refractivity contribution in [3.05, 3.63) is 332 Å². The second-order valence-electron chi connectivity index (χ2n) is 21.5. The first-order valence-corrected chi connectivity index (χ1v) is 28.4. The van der Waals surface area contributed by atoms with Crippen LogP contribution in [0.3, 0.4) is 0 Å². The van der Waals surface area contributed by atoms with Crippen LogP contribution >= 0.6 is 0 Å². The fourth-order valence-corrected chi connectivity index (χ4v) is 13.3. The normalized spacial score (nSPS) is 12.4. The number of rotatable bonds is 7. The molecule has 82 heavy (non-hydrogen) atoms. The van der Waals surface area contributed by atoms with Crippen molar-refractivity contribution in [2.45, 2.75) is 5.92 Å². The van der Waals surface area contributed by atoms with Crippen LogP contribution in [-0.2, 0) is 0 Å². The highest BCUT2D eigenvalue weighted by atomic mass is 15.2. The first kappa shape index (κ1) is 47.3. The van der Waals surface area contributed by atoms with Gasteiger partial charge in [0.05, 0.1) is 34.1 Å². The van der Waals surface area contributed by atoms with E-state index in [1.54, 1.807) is 0 Å².